The van der Waals surface area contributed by atoms with Gasteiger partial charge >= 0.3 is 5.97 Å². The Labute approximate surface area is 154 Å². The van der Waals surface area contributed by atoms with Gasteiger partial charge in [-0.15, -0.1) is 0 Å². The van der Waals surface area contributed by atoms with Crippen molar-refractivity contribution in [3.8, 4) is 0 Å². The molecule has 2 aromatic rings. The number of aldehydes is 1. The predicted octanol–water partition coefficient (Wildman–Crippen LogP) is 4.82. The molecule has 0 amide bonds. The Morgan fingerprint density at radius 1 is 0.962 bits per heavy atom. The van der Waals surface area contributed by atoms with Crippen LogP contribution in [-0.4, -0.2) is 17.9 Å². The first kappa shape index (κ1) is 18.1. The predicted molar refractivity (Wildman–Crippen MR) is 102 cm³/mol. The molecule has 0 heterocycles. The number of ether oxygens (including phenoxy) is 1. The zero-order valence-corrected chi connectivity index (χ0v) is 15.3. The van der Waals surface area contributed by atoms with Crippen molar-refractivity contribution in [1.29, 1.82) is 0 Å². The van der Waals surface area contributed by atoms with E-state index in [9.17, 15) is 9.59 Å². The Hall–Kier alpha value is -2.68. The first-order valence-electron chi connectivity index (χ1n) is 8.99. The van der Waals surface area contributed by atoms with E-state index >= 15 is 0 Å². The van der Waals surface area contributed by atoms with Gasteiger partial charge in [-0.2, -0.15) is 0 Å². The molecule has 0 spiro atoms. The molecule has 0 aliphatic heterocycles. The van der Waals surface area contributed by atoms with Crippen LogP contribution in [0.4, 0.5) is 0 Å². The fourth-order valence-electron chi connectivity index (χ4n) is 3.53. The van der Waals surface area contributed by atoms with Crippen LogP contribution in [0.15, 0.2) is 71.8 Å². The second-order valence-electron chi connectivity index (χ2n) is 7.10. The van der Waals surface area contributed by atoms with Crippen LogP contribution in [0.25, 0.3) is 0 Å². The Bertz CT molecular complexity index is 768. The van der Waals surface area contributed by atoms with E-state index < -0.39 is 11.5 Å². The molecule has 0 radical (unpaired) electrons. The molecular formula is C23H24O3. The van der Waals surface area contributed by atoms with Gasteiger partial charge in [-0.3, -0.25) is 9.59 Å². The van der Waals surface area contributed by atoms with Gasteiger partial charge in [0.1, 0.15) is 5.92 Å². The van der Waals surface area contributed by atoms with Crippen LogP contribution in [0.5, 0.6) is 0 Å². The summed E-state index contributed by atoms with van der Waals surface area (Å²) in [6.45, 7) is 4.08. The van der Waals surface area contributed by atoms with Gasteiger partial charge in [-0.1, -0.05) is 71.8 Å². The van der Waals surface area contributed by atoms with Crippen LogP contribution in [0.1, 0.15) is 50.2 Å². The van der Waals surface area contributed by atoms with Gasteiger partial charge in [-0.25, -0.2) is 0 Å². The van der Waals surface area contributed by atoms with E-state index in [4.69, 9.17) is 4.74 Å². The lowest BCUT2D eigenvalue weighted by Crippen LogP contribution is -2.40. The molecule has 0 N–H and O–H groups in total. The number of hydrogen-bond acceptors (Lipinski definition) is 3. The van der Waals surface area contributed by atoms with Crippen LogP contribution in [0.3, 0.4) is 0 Å². The molecule has 0 aromatic heterocycles. The van der Waals surface area contributed by atoms with Crippen molar-refractivity contribution in [2.45, 2.75) is 44.6 Å². The number of benzene rings is 2. The summed E-state index contributed by atoms with van der Waals surface area (Å²) >= 11 is 0. The van der Waals surface area contributed by atoms with Gasteiger partial charge in [-0.05, 0) is 37.8 Å². The normalized spacial score (nSPS) is 20.1. The quantitative estimate of drug-likeness (QED) is 0.442. The van der Waals surface area contributed by atoms with E-state index in [-0.39, 0.29) is 5.97 Å². The monoisotopic (exact) mass is 348 g/mol. The van der Waals surface area contributed by atoms with Crippen LogP contribution in [0, 0.1) is 0 Å². The highest BCUT2D eigenvalue weighted by Crippen LogP contribution is 2.36. The largest absolute Gasteiger partial charge is 0.450 e. The lowest BCUT2D eigenvalue weighted by atomic mass is 9.82. The van der Waals surface area contributed by atoms with E-state index in [1.165, 1.54) is 5.57 Å². The average Bonchev–Trinajstić information content (AvgIpc) is 2.67. The summed E-state index contributed by atoms with van der Waals surface area (Å²) in [5.74, 6) is -0.914. The fourth-order valence-corrected chi connectivity index (χ4v) is 3.53. The zero-order valence-electron chi connectivity index (χ0n) is 15.3. The highest BCUT2D eigenvalue weighted by molar-refractivity contribution is 5.84. The van der Waals surface area contributed by atoms with Crippen LogP contribution in [-0.2, 0) is 14.3 Å². The summed E-state index contributed by atoms with van der Waals surface area (Å²) in [5, 5.41) is 0. The molecule has 3 nitrogen and oxygen atoms in total. The number of allylic oxidation sites excluding steroid dienone is 1. The Balaban J connectivity index is 1.92. The minimum Gasteiger partial charge on any atom is -0.450 e. The SMILES string of the molecule is CC1=C(C)CC(C=O)(OC(=O)C(c2ccccc2)c2ccccc2)CC1. The topological polar surface area (TPSA) is 43.4 Å². The summed E-state index contributed by atoms with van der Waals surface area (Å²) < 4.78 is 5.88. The molecule has 1 aliphatic rings. The van der Waals surface area contributed by atoms with E-state index in [2.05, 4.69) is 6.92 Å². The first-order valence-corrected chi connectivity index (χ1v) is 8.99. The second-order valence-corrected chi connectivity index (χ2v) is 7.10. The minimum atomic E-state index is -1.05. The molecule has 3 rings (SSSR count). The number of esters is 1. The third-order valence-corrected chi connectivity index (χ3v) is 5.24. The smallest absolute Gasteiger partial charge is 0.318 e. The van der Waals surface area contributed by atoms with Crippen molar-refractivity contribution in [2.24, 2.45) is 0 Å². The highest BCUT2D eigenvalue weighted by Gasteiger charge is 2.39. The summed E-state index contributed by atoms with van der Waals surface area (Å²) in [4.78, 5) is 25.0. The Morgan fingerprint density at radius 2 is 1.50 bits per heavy atom. The molecule has 0 fully saturated rings. The molecule has 0 saturated carbocycles. The van der Waals surface area contributed by atoms with Crippen molar-refractivity contribution >= 4 is 12.3 Å². The molecule has 26 heavy (non-hydrogen) atoms. The van der Waals surface area contributed by atoms with Crippen LogP contribution in [0.2, 0.25) is 0 Å². The third kappa shape index (κ3) is 3.77. The molecule has 134 valence electrons. The third-order valence-electron chi connectivity index (χ3n) is 5.24. The first-order chi connectivity index (χ1) is 12.5. The average molecular weight is 348 g/mol. The molecule has 1 unspecified atom stereocenters. The van der Waals surface area contributed by atoms with Crippen molar-refractivity contribution < 1.29 is 14.3 Å². The van der Waals surface area contributed by atoms with Gasteiger partial charge in [0.2, 0.25) is 0 Å². The number of carbonyl (C=O) groups excluding carboxylic acids is 2. The molecule has 0 saturated heterocycles. The molecular weight excluding hydrogens is 324 g/mol. The summed E-state index contributed by atoms with van der Waals surface area (Å²) in [5.41, 5.74) is 3.09. The zero-order chi connectivity index (χ0) is 18.6. The second kappa shape index (κ2) is 7.69. The maximum absolute atomic E-state index is 13.2. The molecule has 0 bridgehead atoms. The summed E-state index contributed by atoms with van der Waals surface area (Å²) in [6, 6.07) is 19.1. The van der Waals surface area contributed by atoms with E-state index in [0.29, 0.717) is 12.8 Å². The standard InChI is InChI=1S/C23H24O3/c1-17-13-14-23(16-24,15-18(17)2)26-22(25)21(19-9-5-3-6-10-19)20-11-7-4-8-12-20/h3-12,16,21H,13-15H2,1-2H3. The lowest BCUT2D eigenvalue weighted by Gasteiger charge is -2.34. The van der Waals surface area contributed by atoms with Crippen molar-refractivity contribution in [2.75, 3.05) is 0 Å². The Kier molecular flexibility index (Phi) is 5.36. The van der Waals surface area contributed by atoms with E-state index in [0.717, 1.165) is 29.4 Å². The maximum atomic E-state index is 13.2. The summed E-state index contributed by atoms with van der Waals surface area (Å²) in [7, 11) is 0. The van der Waals surface area contributed by atoms with Crippen molar-refractivity contribution in [1.82, 2.24) is 0 Å². The molecule has 1 aliphatic carbocycles. The van der Waals surface area contributed by atoms with Gasteiger partial charge < -0.3 is 4.74 Å². The van der Waals surface area contributed by atoms with Gasteiger partial charge in [0.25, 0.3) is 0 Å². The molecule has 1 atom stereocenters. The number of hydrogen-bond donors (Lipinski definition) is 0. The number of carbonyl (C=O) groups is 2. The van der Waals surface area contributed by atoms with Crippen molar-refractivity contribution in [3.63, 3.8) is 0 Å². The van der Waals surface area contributed by atoms with Gasteiger partial charge in [0.15, 0.2) is 11.9 Å². The molecule has 2 aromatic carbocycles. The van der Waals surface area contributed by atoms with E-state index in [1.807, 2.05) is 67.6 Å². The van der Waals surface area contributed by atoms with Crippen LogP contribution >= 0.6 is 0 Å². The van der Waals surface area contributed by atoms with Gasteiger partial charge in [0, 0.05) is 6.42 Å². The number of rotatable bonds is 5. The van der Waals surface area contributed by atoms with Crippen molar-refractivity contribution in [3.05, 3.63) is 82.9 Å². The lowest BCUT2D eigenvalue weighted by molar-refractivity contribution is -0.164. The fraction of sp³-hybridized carbons (Fsp3) is 0.304. The van der Waals surface area contributed by atoms with Crippen LogP contribution < -0.4 is 0 Å². The van der Waals surface area contributed by atoms with Gasteiger partial charge in [0.05, 0.1) is 0 Å². The Morgan fingerprint density at radius 3 is 1.96 bits per heavy atom. The summed E-state index contributed by atoms with van der Waals surface area (Å²) in [6.07, 6.45) is 2.61. The minimum absolute atomic E-state index is 0.373. The highest BCUT2D eigenvalue weighted by atomic mass is 16.6. The van der Waals surface area contributed by atoms with E-state index in [1.54, 1.807) is 0 Å². The maximum Gasteiger partial charge on any atom is 0.318 e. The molecule has 3 heteroatoms.